The van der Waals surface area contributed by atoms with Crippen molar-refractivity contribution >= 4 is 25.1 Å². The van der Waals surface area contributed by atoms with Crippen LogP contribution in [0.1, 0.15) is 17.3 Å². The molecule has 0 saturated carbocycles. The minimum Gasteiger partial charge on any atom is -0.462 e. The second-order valence-electron chi connectivity index (χ2n) is 9.90. The summed E-state index contributed by atoms with van der Waals surface area (Å²) in [4.78, 5) is 23.8. The van der Waals surface area contributed by atoms with Gasteiger partial charge in [0, 0.05) is 53.3 Å². The molecule has 1 saturated heterocycles. The van der Waals surface area contributed by atoms with Crippen molar-refractivity contribution in [2.24, 2.45) is 0 Å². The second kappa shape index (κ2) is 12.0. The van der Waals surface area contributed by atoms with Crippen LogP contribution in [0.15, 0.2) is 24.7 Å². The summed E-state index contributed by atoms with van der Waals surface area (Å²) in [5.41, 5.74) is 1.87. The van der Waals surface area contributed by atoms with Gasteiger partial charge in [-0.05, 0) is 19.0 Å². The maximum absolute atomic E-state index is 12.1. The summed E-state index contributed by atoms with van der Waals surface area (Å²) >= 11 is 0. The Kier molecular flexibility index (Phi) is 8.72. The predicted octanol–water partition coefficient (Wildman–Crippen LogP) is 2.82. The Balaban J connectivity index is 1.56. The number of hydrogen-bond donors (Lipinski definition) is 0. The molecule has 3 aromatic heterocycles. The number of fused-ring (bicyclic) bond motifs is 1. The van der Waals surface area contributed by atoms with E-state index in [2.05, 4.69) is 44.2 Å². The van der Waals surface area contributed by atoms with Gasteiger partial charge >= 0.3 is 5.97 Å². The Morgan fingerprint density at radius 3 is 2.72 bits per heavy atom. The molecule has 0 N–H and O–H groups in total. The predicted molar refractivity (Wildman–Crippen MR) is 137 cm³/mol. The molecule has 11 nitrogen and oxygen atoms in total. The highest BCUT2D eigenvalue weighted by molar-refractivity contribution is 6.76. The van der Waals surface area contributed by atoms with Crippen molar-refractivity contribution in [3.63, 3.8) is 0 Å². The Bertz CT molecular complexity index is 1150. The fraction of sp³-hybridized carbons (Fsp3) is 0.583. The van der Waals surface area contributed by atoms with Gasteiger partial charge in [0.1, 0.15) is 5.52 Å². The highest BCUT2D eigenvalue weighted by Gasteiger charge is 2.19. The van der Waals surface area contributed by atoms with E-state index in [4.69, 9.17) is 18.9 Å². The quantitative estimate of drug-likeness (QED) is 0.155. The molecule has 1 aliphatic heterocycles. The Hall–Kier alpha value is -2.80. The fourth-order valence-corrected chi connectivity index (χ4v) is 4.57. The zero-order valence-corrected chi connectivity index (χ0v) is 22.6. The third-order valence-electron chi connectivity index (χ3n) is 5.90. The lowest BCUT2D eigenvalue weighted by Crippen LogP contribution is -2.38. The van der Waals surface area contributed by atoms with E-state index in [0.717, 1.165) is 56.5 Å². The van der Waals surface area contributed by atoms with Crippen molar-refractivity contribution in [1.82, 2.24) is 29.2 Å². The number of nitrogens with zero attached hydrogens (tertiary/aromatic N) is 6. The van der Waals surface area contributed by atoms with E-state index in [9.17, 15) is 4.79 Å². The monoisotopic (exact) mass is 516 g/mol. The summed E-state index contributed by atoms with van der Waals surface area (Å²) in [6.07, 6.45) is 5.00. The van der Waals surface area contributed by atoms with E-state index < -0.39 is 14.0 Å². The zero-order valence-electron chi connectivity index (χ0n) is 21.6. The second-order valence-corrected chi connectivity index (χ2v) is 15.5. The molecular formula is C24H36N6O5Si. The number of ether oxygens (including phenoxy) is 4. The summed E-state index contributed by atoms with van der Waals surface area (Å²) < 4.78 is 25.9. The van der Waals surface area contributed by atoms with Gasteiger partial charge in [-0.1, -0.05) is 19.6 Å². The van der Waals surface area contributed by atoms with Crippen LogP contribution in [-0.4, -0.2) is 96.1 Å². The van der Waals surface area contributed by atoms with Gasteiger partial charge in [-0.2, -0.15) is 10.1 Å². The number of rotatable bonds is 12. The lowest BCUT2D eigenvalue weighted by atomic mass is 10.4. The van der Waals surface area contributed by atoms with Crippen molar-refractivity contribution in [2.75, 3.05) is 52.9 Å². The van der Waals surface area contributed by atoms with E-state index in [1.807, 2.05) is 12.3 Å². The van der Waals surface area contributed by atoms with Crippen LogP contribution in [0, 0.1) is 0 Å². The van der Waals surface area contributed by atoms with Crippen LogP contribution in [0.5, 0.6) is 5.88 Å². The summed E-state index contributed by atoms with van der Waals surface area (Å²) in [7, 11) is -1.20. The first kappa shape index (κ1) is 26.3. The number of hydrogen-bond acceptors (Lipinski definition) is 9. The van der Waals surface area contributed by atoms with E-state index in [1.54, 1.807) is 13.1 Å². The van der Waals surface area contributed by atoms with Crippen molar-refractivity contribution < 1.29 is 23.7 Å². The molecule has 4 heterocycles. The van der Waals surface area contributed by atoms with Crippen LogP contribution in [0.4, 0.5) is 0 Å². The molecular weight excluding hydrogens is 480 g/mol. The van der Waals surface area contributed by atoms with Crippen LogP contribution in [0.3, 0.4) is 0 Å². The summed E-state index contributed by atoms with van der Waals surface area (Å²) in [6, 6.07) is 3.00. The van der Waals surface area contributed by atoms with E-state index in [1.165, 1.54) is 10.9 Å². The maximum Gasteiger partial charge on any atom is 0.341 e. The first-order chi connectivity index (χ1) is 17.3. The smallest absolute Gasteiger partial charge is 0.341 e. The molecule has 1 fully saturated rings. The van der Waals surface area contributed by atoms with E-state index in [0.29, 0.717) is 30.6 Å². The molecule has 12 heteroatoms. The van der Waals surface area contributed by atoms with Crippen LogP contribution in [-0.2, 0) is 20.8 Å². The molecule has 0 aromatic carbocycles. The van der Waals surface area contributed by atoms with Gasteiger partial charge in [0.05, 0.1) is 37.1 Å². The minimum atomic E-state index is -1.20. The number of aromatic nitrogens is 5. The van der Waals surface area contributed by atoms with Crippen LogP contribution >= 0.6 is 0 Å². The third kappa shape index (κ3) is 6.90. The van der Waals surface area contributed by atoms with Gasteiger partial charge in [0.25, 0.3) is 5.95 Å². The summed E-state index contributed by atoms with van der Waals surface area (Å²) in [5, 5.41) is 4.26. The largest absolute Gasteiger partial charge is 0.462 e. The van der Waals surface area contributed by atoms with E-state index in [-0.39, 0.29) is 6.79 Å². The van der Waals surface area contributed by atoms with Crippen molar-refractivity contribution in [1.29, 1.82) is 0 Å². The van der Waals surface area contributed by atoms with Crippen LogP contribution in [0.25, 0.3) is 17.0 Å². The Morgan fingerprint density at radius 1 is 1.17 bits per heavy atom. The zero-order chi connectivity index (χ0) is 25.5. The molecule has 0 bridgehead atoms. The summed E-state index contributed by atoms with van der Waals surface area (Å²) in [5.74, 6) is 0.288. The van der Waals surface area contributed by atoms with Crippen LogP contribution < -0.4 is 4.74 Å². The third-order valence-corrected chi connectivity index (χ3v) is 7.61. The van der Waals surface area contributed by atoms with E-state index >= 15 is 0 Å². The molecule has 36 heavy (non-hydrogen) atoms. The SMILES string of the molecule is CCOC(=O)c1cnn(-c2nc(OCOCC[Si](C)(C)C)c3c(ccn3CCN3CCOCC3)n2)c1. The average molecular weight is 517 g/mol. The standard InChI is InChI=1S/C24H36N6O5Si/c1-5-34-23(31)19-16-25-30(17-19)24-26-20-6-7-29(9-8-28-10-12-32-13-11-28)21(20)22(27-24)35-18-33-14-15-36(2,3)4/h6-7,16-17H,5,8-15,18H2,1-4H3. The lowest BCUT2D eigenvalue weighted by Gasteiger charge is -2.26. The highest BCUT2D eigenvalue weighted by atomic mass is 28.3. The normalized spacial score (nSPS) is 14.9. The minimum absolute atomic E-state index is 0.0951. The molecule has 4 rings (SSSR count). The molecule has 3 aromatic rings. The van der Waals surface area contributed by atoms with Crippen molar-refractivity contribution in [3.8, 4) is 11.8 Å². The highest BCUT2D eigenvalue weighted by Crippen LogP contribution is 2.25. The molecule has 0 radical (unpaired) electrons. The molecule has 0 aliphatic carbocycles. The molecule has 0 amide bonds. The van der Waals surface area contributed by atoms with Crippen LogP contribution in [0.2, 0.25) is 25.7 Å². The van der Waals surface area contributed by atoms with Gasteiger partial charge in [-0.15, -0.1) is 0 Å². The summed E-state index contributed by atoms with van der Waals surface area (Å²) in [6.45, 7) is 14.8. The average Bonchev–Trinajstić information content (AvgIpc) is 3.50. The first-order valence-electron chi connectivity index (χ1n) is 12.4. The van der Waals surface area contributed by atoms with Crippen molar-refractivity contribution in [2.45, 2.75) is 39.2 Å². The maximum atomic E-state index is 12.1. The molecule has 0 unspecified atom stereocenters. The van der Waals surface area contributed by atoms with Gasteiger partial charge < -0.3 is 23.5 Å². The molecule has 0 spiro atoms. The van der Waals surface area contributed by atoms with Gasteiger partial charge in [-0.25, -0.2) is 14.5 Å². The molecule has 1 aliphatic rings. The Morgan fingerprint density at radius 2 is 1.97 bits per heavy atom. The number of morpholine rings is 1. The topological polar surface area (TPSA) is 106 Å². The van der Waals surface area contributed by atoms with Crippen molar-refractivity contribution in [3.05, 3.63) is 30.2 Å². The van der Waals surface area contributed by atoms with Gasteiger partial charge in [0.2, 0.25) is 5.88 Å². The number of esters is 1. The fourth-order valence-electron chi connectivity index (χ4n) is 3.81. The first-order valence-corrected chi connectivity index (χ1v) is 16.1. The molecule has 0 atom stereocenters. The Labute approximate surface area is 212 Å². The number of carbonyl (C=O) groups is 1. The lowest BCUT2D eigenvalue weighted by molar-refractivity contribution is 0.0199. The van der Waals surface area contributed by atoms with Gasteiger partial charge in [-0.3, -0.25) is 4.90 Å². The molecule has 196 valence electrons. The number of carbonyl (C=O) groups excluding carboxylic acids is 1. The van der Waals surface area contributed by atoms with Gasteiger partial charge in [0.15, 0.2) is 6.79 Å².